The Bertz CT molecular complexity index is 906. The van der Waals surface area contributed by atoms with Crippen molar-refractivity contribution >= 4 is 34.0 Å². The summed E-state index contributed by atoms with van der Waals surface area (Å²) < 4.78 is 2.07. The Balaban J connectivity index is 1.52. The third kappa shape index (κ3) is 2.96. The molecule has 6 heteroatoms. The Morgan fingerprint density at radius 1 is 1.29 bits per heavy atom. The number of aromatic nitrogens is 3. The Morgan fingerprint density at radius 3 is 2.96 bits per heavy atom. The fraction of sp³-hybridized carbons (Fsp3) is 0.111. The van der Waals surface area contributed by atoms with E-state index in [9.17, 15) is 4.79 Å². The number of hydrogen-bond acceptors (Lipinski definition) is 3. The Labute approximate surface area is 143 Å². The molecule has 0 bridgehead atoms. The lowest BCUT2D eigenvalue weighted by atomic mass is 10.1. The van der Waals surface area contributed by atoms with Crippen LogP contribution in [-0.4, -0.2) is 20.4 Å². The van der Waals surface area contributed by atoms with Crippen molar-refractivity contribution in [3.8, 4) is 0 Å². The topological polar surface area (TPSA) is 62.7 Å². The quantitative estimate of drug-likeness (QED) is 0.578. The van der Waals surface area contributed by atoms with Gasteiger partial charge in [0, 0.05) is 18.1 Å². The first kappa shape index (κ1) is 14.7. The highest BCUT2D eigenvalue weighted by Gasteiger charge is 2.18. The van der Waals surface area contributed by atoms with E-state index < -0.39 is 0 Å². The van der Waals surface area contributed by atoms with E-state index in [1.807, 2.05) is 48.1 Å². The summed E-state index contributed by atoms with van der Waals surface area (Å²) in [6.07, 6.45) is 6.01. The van der Waals surface area contributed by atoms with E-state index in [1.165, 1.54) is 0 Å². The van der Waals surface area contributed by atoms with Crippen LogP contribution in [-0.2, 0) is 4.79 Å². The van der Waals surface area contributed by atoms with Crippen molar-refractivity contribution in [1.82, 2.24) is 14.5 Å². The zero-order valence-electron chi connectivity index (χ0n) is 12.8. The molecule has 1 atom stereocenters. The minimum absolute atomic E-state index is 0.00198. The van der Waals surface area contributed by atoms with E-state index >= 15 is 0 Å². The molecule has 4 aromatic rings. The molecule has 1 unspecified atom stereocenters. The number of aromatic amines is 1. The van der Waals surface area contributed by atoms with Crippen LogP contribution < -0.4 is 5.32 Å². The van der Waals surface area contributed by atoms with Crippen molar-refractivity contribution in [2.24, 2.45) is 0 Å². The highest BCUT2D eigenvalue weighted by molar-refractivity contribution is 7.08. The third-order valence-corrected chi connectivity index (χ3v) is 4.70. The number of imidazole rings is 1. The molecule has 0 aliphatic heterocycles. The van der Waals surface area contributed by atoms with Gasteiger partial charge >= 0.3 is 0 Å². The molecule has 0 spiro atoms. The minimum atomic E-state index is -0.0150. The predicted molar refractivity (Wildman–Crippen MR) is 96.2 cm³/mol. The number of anilines is 1. The maximum Gasteiger partial charge on any atom is 0.226 e. The lowest BCUT2D eigenvalue weighted by Gasteiger charge is -2.18. The molecule has 0 saturated heterocycles. The number of nitrogens with one attached hydrogen (secondary N) is 2. The number of nitrogens with zero attached hydrogens (tertiary/aromatic N) is 2. The molecular weight excluding hydrogens is 320 g/mol. The van der Waals surface area contributed by atoms with Crippen LogP contribution in [0.5, 0.6) is 0 Å². The van der Waals surface area contributed by atoms with E-state index in [-0.39, 0.29) is 11.9 Å². The van der Waals surface area contributed by atoms with Gasteiger partial charge in [-0.15, -0.1) is 0 Å². The second-order valence-corrected chi connectivity index (χ2v) is 6.37. The molecular formula is C18H16N4OS. The molecule has 0 aliphatic carbocycles. The first-order valence-corrected chi connectivity index (χ1v) is 8.61. The monoisotopic (exact) mass is 336 g/mol. The maximum atomic E-state index is 12.5. The fourth-order valence-corrected chi connectivity index (χ4v) is 3.52. The second kappa shape index (κ2) is 6.33. The number of rotatable bonds is 5. The Morgan fingerprint density at radius 2 is 2.17 bits per heavy atom. The van der Waals surface area contributed by atoms with E-state index in [0.717, 1.165) is 22.3 Å². The molecule has 0 fully saturated rings. The SMILES string of the molecule is O=C(CC(c1ccsc1)n1cccc1)Nc1ccc2nc[nH]c2c1. The van der Waals surface area contributed by atoms with Gasteiger partial charge in [0.2, 0.25) is 5.91 Å². The molecule has 1 amide bonds. The molecule has 5 nitrogen and oxygen atoms in total. The van der Waals surface area contributed by atoms with Crippen molar-refractivity contribution in [3.63, 3.8) is 0 Å². The summed E-state index contributed by atoms with van der Waals surface area (Å²) >= 11 is 1.64. The zero-order chi connectivity index (χ0) is 16.4. The predicted octanol–water partition coefficient (Wildman–Crippen LogP) is 4.04. The Kier molecular flexibility index (Phi) is 3.88. The molecule has 0 radical (unpaired) electrons. The van der Waals surface area contributed by atoms with Crippen molar-refractivity contribution in [3.05, 3.63) is 71.4 Å². The number of carbonyl (C=O) groups excluding carboxylic acids is 1. The summed E-state index contributed by atoms with van der Waals surface area (Å²) in [5.74, 6) is -0.0150. The van der Waals surface area contributed by atoms with Gasteiger partial charge in [-0.05, 0) is 52.7 Å². The molecule has 24 heavy (non-hydrogen) atoms. The van der Waals surface area contributed by atoms with Crippen LogP contribution in [0.15, 0.2) is 65.9 Å². The first-order chi connectivity index (χ1) is 11.8. The van der Waals surface area contributed by atoms with Gasteiger partial charge in [-0.1, -0.05) is 0 Å². The molecule has 1 aromatic carbocycles. The molecule has 0 saturated carbocycles. The van der Waals surface area contributed by atoms with Crippen LogP contribution in [0.3, 0.4) is 0 Å². The van der Waals surface area contributed by atoms with Crippen LogP contribution >= 0.6 is 11.3 Å². The van der Waals surface area contributed by atoms with Gasteiger partial charge in [0.25, 0.3) is 0 Å². The normalized spacial score (nSPS) is 12.3. The van der Waals surface area contributed by atoms with Gasteiger partial charge < -0.3 is 14.9 Å². The Hall–Kier alpha value is -2.86. The van der Waals surface area contributed by atoms with Crippen molar-refractivity contribution < 1.29 is 4.79 Å². The minimum Gasteiger partial charge on any atom is -0.346 e. The van der Waals surface area contributed by atoms with Crippen LogP contribution in [0.25, 0.3) is 11.0 Å². The third-order valence-electron chi connectivity index (χ3n) is 4.00. The lowest BCUT2D eigenvalue weighted by Crippen LogP contribution is -2.19. The van der Waals surface area contributed by atoms with Gasteiger partial charge in [-0.25, -0.2) is 4.98 Å². The summed E-state index contributed by atoms with van der Waals surface area (Å²) in [5.41, 5.74) is 3.72. The lowest BCUT2D eigenvalue weighted by molar-refractivity contribution is -0.116. The second-order valence-electron chi connectivity index (χ2n) is 5.59. The summed E-state index contributed by atoms with van der Waals surface area (Å²) in [5, 5.41) is 7.11. The first-order valence-electron chi connectivity index (χ1n) is 7.67. The molecule has 120 valence electrons. The highest BCUT2D eigenvalue weighted by Crippen LogP contribution is 2.25. The van der Waals surface area contributed by atoms with Crippen LogP contribution in [0.1, 0.15) is 18.0 Å². The maximum absolute atomic E-state index is 12.5. The number of amides is 1. The summed E-state index contributed by atoms with van der Waals surface area (Å²) in [6, 6.07) is 11.7. The summed E-state index contributed by atoms with van der Waals surface area (Å²) in [7, 11) is 0. The molecule has 3 aromatic heterocycles. The number of hydrogen-bond donors (Lipinski definition) is 2. The van der Waals surface area contributed by atoms with E-state index in [0.29, 0.717) is 6.42 Å². The highest BCUT2D eigenvalue weighted by atomic mass is 32.1. The summed E-state index contributed by atoms with van der Waals surface area (Å²) in [4.78, 5) is 19.8. The smallest absolute Gasteiger partial charge is 0.226 e. The van der Waals surface area contributed by atoms with Gasteiger partial charge in [0.05, 0.1) is 29.8 Å². The van der Waals surface area contributed by atoms with Crippen LogP contribution in [0.2, 0.25) is 0 Å². The van der Waals surface area contributed by atoms with Gasteiger partial charge in [0.1, 0.15) is 0 Å². The number of carbonyl (C=O) groups is 1. The average Bonchev–Trinajstić information content (AvgIpc) is 3.33. The number of thiophene rings is 1. The number of benzene rings is 1. The van der Waals surface area contributed by atoms with E-state index in [1.54, 1.807) is 17.7 Å². The standard InChI is InChI=1S/C18H16N4OS/c23-18(21-14-3-4-15-16(9-14)20-12-19-15)10-17(13-5-8-24-11-13)22-6-1-2-7-22/h1-9,11-12,17H,10H2,(H,19,20)(H,21,23). The number of fused-ring (bicyclic) bond motifs is 1. The number of H-pyrrole nitrogens is 1. The average molecular weight is 336 g/mol. The van der Waals surface area contributed by atoms with Crippen molar-refractivity contribution in [2.75, 3.05) is 5.32 Å². The van der Waals surface area contributed by atoms with Crippen LogP contribution in [0, 0.1) is 0 Å². The summed E-state index contributed by atoms with van der Waals surface area (Å²) in [6.45, 7) is 0. The van der Waals surface area contributed by atoms with Crippen molar-refractivity contribution in [2.45, 2.75) is 12.5 Å². The fourth-order valence-electron chi connectivity index (χ4n) is 2.82. The molecule has 3 heterocycles. The molecule has 4 rings (SSSR count). The zero-order valence-corrected chi connectivity index (χ0v) is 13.7. The molecule has 2 N–H and O–H groups in total. The molecule has 0 aliphatic rings. The van der Waals surface area contributed by atoms with Gasteiger partial charge in [-0.3, -0.25) is 4.79 Å². The van der Waals surface area contributed by atoms with Crippen LogP contribution in [0.4, 0.5) is 5.69 Å². The van der Waals surface area contributed by atoms with E-state index in [2.05, 4.69) is 31.3 Å². The van der Waals surface area contributed by atoms with Gasteiger partial charge in [0.15, 0.2) is 0 Å². The van der Waals surface area contributed by atoms with Crippen molar-refractivity contribution in [1.29, 1.82) is 0 Å². The van der Waals surface area contributed by atoms with Gasteiger partial charge in [-0.2, -0.15) is 11.3 Å². The largest absolute Gasteiger partial charge is 0.346 e. The van der Waals surface area contributed by atoms with E-state index in [4.69, 9.17) is 0 Å².